The Labute approximate surface area is 117 Å². The lowest BCUT2D eigenvalue weighted by molar-refractivity contribution is -0.119. The van der Waals surface area contributed by atoms with Crippen LogP contribution in [-0.4, -0.2) is 39.2 Å². The van der Waals surface area contributed by atoms with Gasteiger partial charge >= 0.3 is 0 Å². The molecule has 0 fully saturated rings. The van der Waals surface area contributed by atoms with Crippen LogP contribution in [0.25, 0.3) is 5.69 Å². The van der Waals surface area contributed by atoms with Crippen molar-refractivity contribution in [2.45, 2.75) is 19.8 Å². The third-order valence-electron chi connectivity index (χ3n) is 2.79. The second kappa shape index (κ2) is 7.22. The Morgan fingerprint density at radius 2 is 2.10 bits per heavy atom. The van der Waals surface area contributed by atoms with Crippen LogP contribution in [0.5, 0.6) is 0 Å². The molecule has 0 spiro atoms. The Bertz CT molecular complexity index is 522. The Kier molecular flexibility index (Phi) is 5.05. The van der Waals surface area contributed by atoms with Crippen molar-refractivity contribution in [1.82, 2.24) is 25.5 Å². The summed E-state index contributed by atoms with van der Waals surface area (Å²) in [7, 11) is 0. The van der Waals surface area contributed by atoms with Crippen molar-refractivity contribution in [1.29, 1.82) is 0 Å². The molecule has 0 saturated heterocycles. The van der Waals surface area contributed by atoms with Gasteiger partial charge < -0.3 is 10.6 Å². The van der Waals surface area contributed by atoms with Crippen LogP contribution in [0.4, 0.5) is 5.69 Å². The Hall–Kier alpha value is -2.44. The fourth-order valence-electron chi connectivity index (χ4n) is 1.66. The van der Waals surface area contributed by atoms with Gasteiger partial charge in [0.15, 0.2) is 0 Å². The summed E-state index contributed by atoms with van der Waals surface area (Å²) in [6.07, 6.45) is 3.61. The molecular formula is C13H18N6O. The zero-order valence-corrected chi connectivity index (χ0v) is 11.4. The van der Waals surface area contributed by atoms with Gasteiger partial charge in [-0.05, 0) is 41.1 Å². The average molecular weight is 274 g/mol. The number of benzene rings is 1. The van der Waals surface area contributed by atoms with Crippen LogP contribution in [0.3, 0.4) is 0 Å². The summed E-state index contributed by atoms with van der Waals surface area (Å²) in [5.41, 5.74) is 1.75. The highest BCUT2D eigenvalue weighted by molar-refractivity contribution is 5.80. The molecule has 2 rings (SSSR count). The van der Waals surface area contributed by atoms with E-state index in [1.54, 1.807) is 4.68 Å². The summed E-state index contributed by atoms with van der Waals surface area (Å²) in [6, 6.07) is 7.54. The highest BCUT2D eigenvalue weighted by Gasteiger charge is 2.01. The van der Waals surface area contributed by atoms with E-state index in [1.807, 2.05) is 24.3 Å². The van der Waals surface area contributed by atoms with E-state index >= 15 is 0 Å². The third kappa shape index (κ3) is 4.04. The highest BCUT2D eigenvalue weighted by Crippen LogP contribution is 2.11. The number of aromatic nitrogens is 4. The zero-order chi connectivity index (χ0) is 14.2. The smallest absolute Gasteiger partial charge is 0.239 e. The molecule has 2 aromatic rings. The SMILES string of the molecule is CCCCNC(=O)CNc1ccc(-n2cnnn2)cc1. The number of carbonyl (C=O) groups excluding carboxylic acids is 1. The Morgan fingerprint density at radius 3 is 2.75 bits per heavy atom. The fourth-order valence-corrected chi connectivity index (χ4v) is 1.66. The zero-order valence-electron chi connectivity index (χ0n) is 11.4. The predicted octanol–water partition coefficient (Wildman–Crippen LogP) is 0.990. The lowest BCUT2D eigenvalue weighted by Crippen LogP contribution is -2.30. The molecule has 0 aliphatic rings. The van der Waals surface area contributed by atoms with E-state index in [0.717, 1.165) is 30.8 Å². The van der Waals surface area contributed by atoms with Gasteiger partial charge in [-0.3, -0.25) is 4.79 Å². The second-order valence-corrected chi connectivity index (χ2v) is 4.36. The van der Waals surface area contributed by atoms with Gasteiger partial charge in [0, 0.05) is 12.2 Å². The van der Waals surface area contributed by atoms with E-state index in [-0.39, 0.29) is 12.5 Å². The van der Waals surface area contributed by atoms with Gasteiger partial charge in [0.1, 0.15) is 6.33 Å². The average Bonchev–Trinajstić information content (AvgIpc) is 3.00. The van der Waals surface area contributed by atoms with Crippen molar-refractivity contribution in [2.75, 3.05) is 18.4 Å². The molecule has 0 radical (unpaired) electrons. The van der Waals surface area contributed by atoms with E-state index in [1.165, 1.54) is 6.33 Å². The van der Waals surface area contributed by atoms with Crippen molar-refractivity contribution in [3.8, 4) is 5.69 Å². The molecule has 1 amide bonds. The lowest BCUT2D eigenvalue weighted by Gasteiger charge is -2.08. The monoisotopic (exact) mass is 274 g/mol. The maximum atomic E-state index is 11.5. The summed E-state index contributed by atoms with van der Waals surface area (Å²) < 4.78 is 1.57. The van der Waals surface area contributed by atoms with Gasteiger partial charge in [-0.25, -0.2) is 4.68 Å². The van der Waals surface area contributed by atoms with Crippen molar-refractivity contribution in [2.24, 2.45) is 0 Å². The molecular weight excluding hydrogens is 256 g/mol. The molecule has 7 nitrogen and oxygen atoms in total. The number of tetrazole rings is 1. The molecule has 7 heteroatoms. The molecule has 2 N–H and O–H groups in total. The maximum Gasteiger partial charge on any atom is 0.239 e. The summed E-state index contributed by atoms with van der Waals surface area (Å²) >= 11 is 0. The van der Waals surface area contributed by atoms with Crippen LogP contribution in [0, 0.1) is 0 Å². The molecule has 20 heavy (non-hydrogen) atoms. The number of hydrogen-bond acceptors (Lipinski definition) is 5. The summed E-state index contributed by atoms with van der Waals surface area (Å²) in [5, 5.41) is 16.9. The van der Waals surface area contributed by atoms with E-state index in [4.69, 9.17) is 0 Å². The molecule has 0 unspecified atom stereocenters. The molecule has 106 valence electrons. The van der Waals surface area contributed by atoms with E-state index in [0.29, 0.717) is 0 Å². The van der Waals surface area contributed by atoms with Crippen LogP contribution >= 0.6 is 0 Å². The van der Waals surface area contributed by atoms with Crippen molar-refractivity contribution in [3.63, 3.8) is 0 Å². The normalized spacial score (nSPS) is 10.2. The van der Waals surface area contributed by atoms with Crippen LogP contribution < -0.4 is 10.6 Å². The summed E-state index contributed by atoms with van der Waals surface area (Å²) in [6.45, 7) is 3.10. The van der Waals surface area contributed by atoms with Crippen LogP contribution in [-0.2, 0) is 4.79 Å². The molecule has 0 atom stereocenters. The number of carbonyl (C=O) groups is 1. The Balaban J connectivity index is 1.81. The standard InChI is InChI=1S/C13H18N6O/c1-2-3-8-14-13(20)9-15-11-4-6-12(7-5-11)19-10-16-17-18-19/h4-7,10,15H,2-3,8-9H2,1H3,(H,14,20). The summed E-state index contributed by atoms with van der Waals surface area (Å²) in [4.78, 5) is 11.5. The van der Waals surface area contributed by atoms with Crippen molar-refractivity contribution < 1.29 is 4.79 Å². The van der Waals surface area contributed by atoms with Gasteiger partial charge in [0.25, 0.3) is 0 Å². The van der Waals surface area contributed by atoms with Crippen molar-refractivity contribution in [3.05, 3.63) is 30.6 Å². The first-order chi connectivity index (χ1) is 9.79. The van der Waals surface area contributed by atoms with Gasteiger partial charge in [-0.1, -0.05) is 13.3 Å². The quantitative estimate of drug-likeness (QED) is 0.735. The number of anilines is 1. The van der Waals surface area contributed by atoms with E-state index < -0.39 is 0 Å². The van der Waals surface area contributed by atoms with Crippen molar-refractivity contribution >= 4 is 11.6 Å². The molecule has 0 aliphatic carbocycles. The number of hydrogen-bond donors (Lipinski definition) is 2. The van der Waals surface area contributed by atoms with Crippen LogP contribution in [0.2, 0.25) is 0 Å². The first-order valence-electron chi connectivity index (χ1n) is 6.63. The fraction of sp³-hybridized carbons (Fsp3) is 0.385. The number of nitrogens with one attached hydrogen (secondary N) is 2. The number of amides is 1. The summed E-state index contributed by atoms with van der Waals surface area (Å²) in [5.74, 6) is 0.00278. The maximum absolute atomic E-state index is 11.5. The van der Waals surface area contributed by atoms with Crippen LogP contribution in [0.15, 0.2) is 30.6 Å². The first-order valence-corrected chi connectivity index (χ1v) is 6.63. The van der Waals surface area contributed by atoms with Crippen LogP contribution in [0.1, 0.15) is 19.8 Å². The molecule has 1 aromatic heterocycles. The highest BCUT2D eigenvalue weighted by atomic mass is 16.1. The molecule has 0 bridgehead atoms. The number of nitrogens with zero attached hydrogens (tertiary/aromatic N) is 4. The third-order valence-corrected chi connectivity index (χ3v) is 2.79. The van der Waals surface area contributed by atoms with Gasteiger partial charge in [-0.15, -0.1) is 5.10 Å². The van der Waals surface area contributed by atoms with E-state index in [2.05, 4.69) is 33.1 Å². The first kappa shape index (κ1) is 14.0. The topological polar surface area (TPSA) is 84.7 Å². The second-order valence-electron chi connectivity index (χ2n) is 4.36. The largest absolute Gasteiger partial charge is 0.376 e. The molecule has 0 saturated carbocycles. The van der Waals surface area contributed by atoms with Gasteiger partial charge in [0.05, 0.1) is 12.2 Å². The van der Waals surface area contributed by atoms with Gasteiger partial charge in [-0.2, -0.15) is 0 Å². The minimum absolute atomic E-state index is 0.00278. The molecule has 0 aliphatic heterocycles. The number of rotatable bonds is 7. The molecule has 1 heterocycles. The van der Waals surface area contributed by atoms with E-state index in [9.17, 15) is 4.79 Å². The predicted molar refractivity (Wildman–Crippen MR) is 75.6 cm³/mol. The minimum Gasteiger partial charge on any atom is -0.376 e. The van der Waals surface area contributed by atoms with Gasteiger partial charge in [0.2, 0.25) is 5.91 Å². The minimum atomic E-state index is 0.00278. The number of unbranched alkanes of at least 4 members (excludes halogenated alkanes) is 1. The Morgan fingerprint density at radius 1 is 1.30 bits per heavy atom. The lowest BCUT2D eigenvalue weighted by atomic mass is 10.3. The molecule has 1 aromatic carbocycles.